The summed E-state index contributed by atoms with van der Waals surface area (Å²) in [5.41, 5.74) is 5.90. The van der Waals surface area contributed by atoms with Crippen molar-refractivity contribution in [3.05, 3.63) is 35.9 Å². The number of ether oxygens (including phenoxy) is 1. The van der Waals surface area contributed by atoms with E-state index in [4.69, 9.17) is 10.5 Å². The lowest BCUT2D eigenvalue weighted by Gasteiger charge is -2.37. The maximum Gasteiger partial charge on any atom is 0.243 e. The highest BCUT2D eigenvalue weighted by Crippen LogP contribution is 2.20. The number of hydrogen-bond acceptors (Lipinski definition) is 5. The number of nitrogens with zero attached hydrogens (tertiary/aromatic N) is 2. The summed E-state index contributed by atoms with van der Waals surface area (Å²) >= 11 is 0. The zero-order valence-corrected chi connectivity index (χ0v) is 15.2. The van der Waals surface area contributed by atoms with Crippen LogP contribution in [0.2, 0.25) is 0 Å². The van der Waals surface area contributed by atoms with Crippen molar-refractivity contribution in [2.45, 2.75) is 24.9 Å². The lowest BCUT2D eigenvalue weighted by Crippen LogP contribution is -2.61. The monoisotopic (exact) mass is 360 g/mol. The summed E-state index contributed by atoms with van der Waals surface area (Å²) < 4.78 is 5.29. The third-order valence-corrected chi connectivity index (χ3v) is 5.28. The Balaban J connectivity index is 1.45. The predicted molar refractivity (Wildman–Crippen MR) is 98.3 cm³/mol. The normalized spacial score (nSPS) is 21.2. The van der Waals surface area contributed by atoms with Crippen LogP contribution in [-0.2, 0) is 20.9 Å². The van der Waals surface area contributed by atoms with Gasteiger partial charge in [0, 0.05) is 58.8 Å². The SMILES string of the molecule is NC(=O)C1(NC(=O)CN2CCN(Cc3ccccc3)CC2)CCOCC1. The van der Waals surface area contributed by atoms with Gasteiger partial charge in [0.15, 0.2) is 0 Å². The van der Waals surface area contributed by atoms with Gasteiger partial charge in [-0.05, 0) is 5.56 Å². The maximum absolute atomic E-state index is 12.4. The van der Waals surface area contributed by atoms with Gasteiger partial charge >= 0.3 is 0 Å². The summed E-state index contributed by atoms with van der Waals surface area (Å²) in [6, 6.07) is 10.4. The maximum atomic E-state index is 12.4. The number of amides is 2. The molecule has 7 nitrogen and oxygen atoms in total. The molecule has 3 rings (SSSR count). The number of rotatable bonds is 6. The van der Waals surface area contributed by atoms with E-state index in [0.717, 1.165) is 32.7 Å². The number of nitrogens with two attached hydrogens (primary N) is 1. The van der Waals surface area contributed by atoms with E-state index in [2.05, 4.69) is 39.4 Å². The molecule has 2 fully saturated rings. The molecule has 0 saturated carbocycles. The molecular formula is C19H28N4O3. The molecule has 2 aliphatic heterocycles. The Morgan fingerprint density at radius 1 is 1.04 bits per heavy atom. The van der Waals surface area contributed by atoms with Crippen LogP contribution in [0, 0.1) is 0 Å². The van der Waals surface area contributed by atoms with Gasteiger partial charge in [0.25, 0.3) is 0 Å². The molecule has 0 aromatic heterocycles. The highest BCUT2D eigenvalue weighted by Gasteiger charge is 2.40. The van der Waals surface area contributed by atoms with E-state index in [1.165, 1.54) is 5.56 Å². The first kappa shape index (κ1) is 18.8. The molecule has 2 heterocycles. The molecule has 142 valence electrons. The number of benzene rings is 1. The van der Waals surface area contributed by atoms with Crippen molar-refractivity contribution < 1.29 is 14.3 Å². The Labute approximate surface area is 154 Å². The number of primary amides is 1. The first-order chi connectivity index (χ1) is 12.6. The van der Waals surface area contributed by atoms with E-state index in [-0.39, 0.29) is 5.91 Å². The molecule has 0 radical (unpaired) electrons. The standard InChI is InChI=1S/C19H28N4O3/c20-18(25)19(6-12-26-13-7-19)21-17(24)15-23-10-8-22(9-11-23)14-16-4-2-1-3-5-16/h1-5H,6-15H2,(H2,20,25)(H,21,24). The Morgan fingerprint density at radius 3 is 2.27 bits per heavy atom. The fourth-order valence-electron chi connectivity index (χ4n) is 3.61. The molecule has 0 spiro atoms. The van der Waals surface area contributed by atoms with E-state index in [1.807, 2.05) is 6.07 Å². The van der Waals surface area contributed by atoms with Gasteiger partial charge in [-0.3, -0.25) is 19.4 Å². The Hall–Kier alpha value is -1.96. The van der Waals surface area contributed by atoms with Crippen LogP contribution < -0.4 is 11.1 Å². The second-order valence-electron chi connectivity index (χ2n) is 7.14. The van der Waals surface area contributed by atoms with Crippen LogP contribution in [0.4, 0.5) is 0 Å². The molecular weight excluding hydrogens is 332 g/mol. The van der Waals surface area contributed by atoms with Crippen molar-refractivity contribution >= 4 is 11.8 Å². The summed E-state index contributed by atoms with van der Waals surface area (Å²) in [5, 5.41) is 2.88. The highest BCUT2D eigenvalue weighted by atomic mass is 16.5. The van der Waals surface area contributed by atoms with Crippen LogP contribution in [0.15, 0.2) is 30.3 Å². The van der Waals surface area contributed by atoms with Crippen molar-refractivity contribution in [3.63, 3.8) is 0 Å². The molecule has 0 atom stereocenters. The van der Waals surface area contributed by atoms with Crippen molar-refractivity contribution in [2.75, 3.05) is 45.9 Å². The quantitative estimate of drug-likeness (QED) is 0.743. The third-order valence-electron chi connectivity index (χ3n) is 5.28. The van der Waals surface area contributed by atoms with Gasteiger partial charge in [-0.2, -0.15) is 0 Å². The molecule has 0 aliphatic carbocycles. The lowest BCUT2D eigenvalue weighted by atomic mass is 9.89. The Kier molecular flexibility index (Phi) is 6.24. The highest BCUT2D eigenvalue weighted by molar-refractivity contribution is 5.91. The fraction of sp³-hybridized carbons (Fsp3) is 0.579. The lowest BCUT2D eigenvalue weighted by molar-refractivity contribution is -0.136. The number of nitrogens with one attached hydrogen (secondary N) is 1. The molecule has 7 heteroatoms. The van der Waals surface area contributed by atoms with E-state index < -0.39 is 11.4 Å². The van der Waals surface area contributed by atoms with Gasteiger partial charge in [-0.1, -0.05) is 30.3 Å². The van der Waals surface area contributed by atoms with E-state index >= 15 is 0 Å². The van der Waals surface area contributed by atoms with Crippen LogP contribution in [0.1, 0.15) is 18.4 Å². The van der Waals surface area contributed by atoms with Gasteiger partial charge in [0.1, 0.15) is 5.54 Å². The number of carbonyl (C=O) groups excluding carboxylic acids is 2. The third kappa shape index (κ3) is 4.81. The first-order valence-electron chi connectivity index (χ1n) is 9.25. The van der Waals surface area contributed by atoms with Gasteiger partial charge < -0.3 is 15.8 Å². The van der Waals surface area contributed by atoms with Crippen molar-refractivity contribution in [1.29, 1.82) is 0 Å². The van der Waals surface area contributed by atoms with Crippen molar-refractivity contribution in [3.8, 4) is 0 Å². The second-order valence-corrected chi connectivity index (χ2v) is 7.14. The molecule has 2 saturated heterocycles. The summed E-state index contributed by atoms with van der Waals surface area (Å²) in [6.45, 7) is 5.66. The van der Waals surface area contributed by atoms with E-state index in [1.54, 1.807) is 0 Å². The van der Waals surface area contributed by atoms with Gasteiger partial charge in [-0.25, -0.2) is 0 Å². The van der Waals surface area contributed by atoms with Gasteiger partial charge in [0.05, 0.1) is 6.54 Å². The fourth-order valence-corrected chi connectivity index (χ4v) is 3.61. The van der Waals surface area contributed by atoms with Crippen LogP contribution in [0.25, 0.3) is 0 Å². The minimum Gasteiger partial charge on any atom is -0.381 e. The molecule has 0 unspecified atom stereocenters. The van der Waals surface area contributed by atoms with Gasteiger partial charge in [0.2, 0.25) is 11.8 Å². The van der Waals surface area contributed by atoms with Crippen LogP contribution in [0.5, 0.6) is 0 Å². The molecule has 26 heavy (non-hydrogen) atoms. The van der Waals surface area contributed by atoms with E-state index in [0.29, 0.717) is 32.6 Å². The molecule has 1 aromatic rings. The minimum absolute atomic E-state index is 0.137. The Morgan fingerprint density at radius 2 is 1.65 bits per heavy atom. The summed E-state index contributed by atoms with van der Waals surface area (Å²) in [6.07, 6.45) is 0.887. The predicted octanol–water partition coefficient (Wildman–Crippen LogP) is -0.0451. The van der Waals surface area contributed by atoms with Crippen LogP contribution in [-0.4, -0.2) is 73.1 Å². The zero-order chi connectivity index (χ0) is 18.4. The van der Waals surface area contributed by atoms with Crippen molar-refractivity contribution in [2.24, 2.45) is 5.73 Å². The molecule has 3 N–H and O–H groups in total. The molecule has 2 amide bonds. The summed E-state index contributed by atoms with van der Waals surface area (Å²) in [4.78, 5) is 28.8. The van der Waals surface area contributed by atoms with Gasteiger partial charge in [-0.15, -0.1) is 0 Å². The number of piperazine rings is 1. The smallest absolute Gasteiger partial charge is 0.243 e. The Bertz CT molecular complexity index is 608. The first-order valence-corrected chi connectivity index (χ1v) is 9.25. The molecule has 2 aliphatic rings. The number of carbonyl (C=O) groups is 2. The summed E-state index contributed by atoms with van der Waals surface area (Å²) in [7, 11) is 0. The number of hydrogen-bond donors (Lipinski definition) is 2. The largest absolute Gasteiger partial charge is 0.381 e. The topological polar surface area (TPSA) is 87.9 Å². The average molecular weight is 360 g/mol. The summed E-state index contributed by atoms with van der Waals surface area (Å²) in [5.74, 6) is -0.607. The molecule has 0 bridgehead atoms. The average Bonchev–Trinajstić information content (AvgIpc) is 2.65. The van der Waals surface area contributed by atoms with Crippen molar-refractivity contribution in [1.82, 2.24) is 15.1 Å². The van der Waals surface area contributed by atoms with E-state index in [9.17, 15) is 9.59 Å². The molecule has 1 aromatic carbocycles. The minimum atomic E-state index is -0.954. The van der Waals surface area contributed by atoms with Crippen LogP contribution >= 0.6 is 0 Å². The zero-order valence-electron chi connectivity index (χ0n) is 15.2. The van der Waals surface area contributed by atoms with Crippen LogP contribution in [0.3, 0.4) is 0 Å². The second kappa shape index (κ2) is 8.62.